The molecule has 128 valence electrons. The Morgan fingerprint density at radius 1 is 1.00 bits per heavy atom. The highest BCUT2D eigenvalue weighted by atomic mass is 15.1. The van der Waals surface area contributed by atoms with Crippen molar-refractivity contribution in [1.29, 1.82) is 10.5 Å². The van der Waals surface area contributed by atoms with Crippen LogP contribution in [0, 0.1) is 22.7 Å². The molecule has 1 aliphatic carbocycles. The van der Waals surface area contributed by atoms with Gasteiger partial charge in [-0.05, 0) is 72.6 Å². The summed E-state index contributed by atoms with van der Waals surface area (Å²) in [5.74, 6) is 0. The van der Waals surface area contributed by atoms with Crippen LogP contribution in [0.4, 0.5) is 5.69 Å². The zero-order valence-electron chi connectivity index (χ0n) is 14.8. The quantitative estimate of drug-likeness (QED) is 0.738. The number of nitrogens with zero attached hydrogens (tertiary/aromatic N) is 3. The minimum atomic E-state index is 0.171. The molecule has 0 atom stereocenters. The van der Waals surface area contributed by atoms with Crippen molar-refractivity contribution in [1.82, 2.24) is 0 Å². The van der Waals surface area contributed by atoms with Crippen molar-refractivity contribution < 1.29 is 0 Å². The molecule has 26 heavy (non-hydrogen) atoms. The van der Waals surface area contributed by atoms with Gasteiger partial charge in [-0.3, -0.25) is 0 Å². The van der Waals surface area contributed by atoms with E-state index in [1.807, 2.05) is 30.4 Å². The number of anilines is 1. The van der Waals surface area contributed by atoms with E-state index in [2.05, 4.69) is 29.2 Å². The van der Waals surface area contributed by atoms with Gasteiger partial charge in [0.15, 0.2) is 0 Å². The van der Waals surface area contributed by atoms with Crippen LogP contribution in [0.25, 0.3) is 6.08 Å². The number of benzene rings is 1. The summed E-state index contributed by atoms with van der Waals surface area (Å²) in [6.45, 7) is 2.40. The van der Waals surface area contributed by atoms with Crippen molar-refractivity contribution in [3.8, 4) is 12.1 Å². The Labute approximate surface area is 154 Å². The van der Waals surface area contributed by atoms with Gasteiger partial charge < -0.3 is 4.90 Å². The molecule has 2 aliphatic heterocycles. The maximum Gasteiger partial charge on any atom is 0.136 e. The van der Waals surface area contributed by atoms with Gasteiger partial charge in [0.05, 0.1) is 0 Å². The zero-order valence-corrected chi connectivity index (χ0v) is 14.8. The molecule has 0 amide bonds. The molecule has 3 aliphatic rings. The molecule has 3 nitrogen and oxygen atoms in total. The summed E-state index contributed by atoms with van der Waals surface area (Å²) in [7, 11) is 0. The van der Waals surface area contributed by atoms with E-state index < -0.39 is 0 Å². The molecule has 1 aromatic carbocycles. The van der Waals surface area contributed by atoms with Crippen molar-refractivity contribution in [2.24, 2.45) is 0 Å². The maximum absolute atomic E-state index is 9.05. The molecule has 0 saturated carbocycles. The van der Waals surface area contributed by atoms with E-state index in [1.54, 1.807) is 0 Å². The second-order valence-electron chi connectivity index (χ2n) is 7.09. The van der Waals surface area contributed by atoms with Crippen LogP contribution in [0.2, 0.25) is 0 Å². The molecule has 3 heteroatoms. The predicted octanol–water partition coefficient (Wildman–Crippen LogP) is 4.63. The standard InChI is InChI=1S/C23H21N3/c24-15-22(16-25)19-5-1-4-17(12-19)8-9-18-13-20-6-2-10-26-11-3-7-21(14-18)23(20)26/h1,5,8-9,12-14H,2-4,6-7,10-11H2/b9-8+. The Hall–Kier alpha value is -3.04. The van der Waals surface area contributed by atoms with E-state index in [9.17, 15) is 0 Å². The van der Waals surface area contributed by atoms with Gasteiger partial charge in [0.25, 0.3) is 0 Å². The van der Waals surface area contributed by atoms with Crippen LogP contribution in [0.15, 0.2) is 53.2 Å². The van der Waals surface area contributed by atoms with Crippen molar-refractivity contribution in [3.63, 3.8) is 0 Å². The van der Waals surface area contributed by atoms with E-state index in [-0.39, 0.29) is 5.57 Å². The van der Waals surface area contributed by atoms with Gasteiger partial charge >= 0.3 is 0 Å². The van der Waals surface area contributed by atoms with E-state index in [0.29, 0.717) is 5.57 Å². The minimum Gasteiger partial charge on any atom is -0.371 e. The summed E-state index contributed by atoms with van der Waals surface area (Å²) in [6, 6.07) is 8.60. The van der Waals surface area contributed by atoms with Crippen molar-refractivity contribution >= 4 is 11.8 Å². The van der Waals surface area contributed by atoms with E-state index in [1.165, 1.54) is 61.2 Å². The first-order valence-corrected chi connectivity index (χ1v) is 9.29. The van der Waals surface area contributed by atoms with Gasteiger partial charge in [0, 0.05) is 24.4 Å². The second-order valence-corrected chi connectivity index (χ2v) is 7.09. The maximum atomic E-state index is 9.05. The fraction of sp³-hybridized carbons (Fsp3) is 0.304. The van der Waals surface area contributed by atoms with Gasteiger partial charge in [-0.2, -0.15) is 10.5 Å². The van der Waals surface area contributed by atoms with Gasteiger partial charge in [-0.1, -0.05) is 24.3 Å². The molecule has 0 bridgehead atoms. The second kappa shape index (κ2) is 7.06. The fourth-order valence-corrected chi connectivity index (χ4v) is 4.18. The van der Waals surface area contributed by atoms with Gasteiger partial charge in [0.2, 0.25) is 0 Å². The Morgan fingerprint density at radius 2 is 1.69 bits per heavy atom. The molecule has 4 rings (SSSR count). The Kier molecular flexibility index (Phi) is 4.46. The average molecular weight is 339 g/mol. The third kappa shape index (κ3) is 3.09. The summed E-state index contributed by atoms with van der Waals surface area (Å²) < 4.78 is 0. The third-order valence-electron chi connectivity index (χ3n) is 5.35. The van der Waals surface area contributed by atoms with Crippen molar-refractivity contribution in [2.75, 3.05) is 18.0 Å². The summed E-state index contributed by atoms with van der Waals surface area (Å²) in [4.78, 5) is 2.56. The summed E-state index contributed by atoms with van der Waals surface area (Å²) in [5.41, 5.74) is 7.73. The molecule has 1 aromatic rings. The highest BCUT2D eigenvalue weighted by Crippen LogP contribution is 2.36. The Morgan fingerprint density at radius 3 is 2.35 bits per heavy atom. The molecule has 0 spiro atoms. The molecule has 0 saturated heterocycles. The minimum absolute atomic E-state index is 0.171. The lowest BCUT2D eigenvalue weighted by Gasteiger charge is -2.37. The molecule has 2 heterocycles. The van der Waals surface area contributed by atoms with E-state index in [0.717, 1.165) is 12.0 Å². The van der Waals surface area contributed by atoms with Gasteiger partial charge in [-0.25, -0.2) is 0 Å². The first-order chi connectivity index (χ1) is 12.8. The first-order valence-electron chi connectivity index (χ1n) is 9.29. The highest BCUT2D eigenvalue weighted by Gasteiger charge is 2.23. The summed E-state index contributed by atoms with van der Waals surface area (Å²) in [6.07, 6.45) is 15.8. The molecular weight excluding hydrogens is 318 g/mol. The lowest BCUT2D eigenvalue weighted by atomic mass is 9.89. The van der Waals surface area contributed by atoms with Crippen LogP contribution in [-0.2, 0) is 12.8 Å². The summed E-state index contributed by atoms with van der Waals surface area (Å²) in [5, 5.41) is 18.1. The van der Waals surface area contributed by atoms with E-state index in [4.69, 9.17) is 10.5 Å². The van der Waals surface area contributed by atoms with Crippen LogP contribution in [-0.4, -0.2) is 13.1 Å². The number of nitriles is 2. The van der Waals surface area contributed by atoms with E-state index >= 15 is 0 Å². The number of hydrogen-bond acceptors (Lipinski definition) is 3. The van der Waals surface area contributed by atoms with Gasteiger partial charge in [-0.15, -0.1) is 0 Å². The van der Waals surface area contributed by atoms with Crippen LogP contribution in [0.3, 0.4) is 0 Å². The van der Waals surface area contributed by atoms with Crippen LogP contribution in [0.5, 0.6) is 0 Å². The zero-order chi connectivity index (χ0) is 17.9. The van der Waals surface area contributed by atoms with Crippen LogP contribution >= 0.6 is 0 Å². The first kappa shape index (κ1) is 16.4. The average Bonchev–Trinajstić information content (AvgIpc) is 2.68. The SMILES string of the molecule is N#CC(C#N)=C1C=CCC(/C=C/c2cc3c4c(c2)CCCN4CCC3)=C1. The summed E-state index contributed by atoms with van der Waals surface area (Å²) >= 11 is 0. The molecule has 0 N–H and O–H groups in total. The van der Waals surface area contributed by atoms with Crippen molar-refractivity contribution in [2.45, 2.75) is 32.1 Å². The highest BCUT2D eigenvalue weighted by molar-refractivity contribution is 5.68. The Balaban J connectivity index is 1.63. The smallest absolute Gasteiger partial charge is 0.136 e. The lowest BCUT2D eigenvalue weighted by molar-refractivity contribution is 0.634. The molecule has 0 aromatic heterocycles. The fourth-order valence-electron chi connectivity index (χ4n) is 4.18. The van der Waals surface area contributed by atoms with Gasteiger partial charge in [0.1, 0.15) is 17.7 Å². The molecule has 0 radical (unpaired) electrons. The molecule has 0 fully saturated rings. The van der Waals surface area contributed by atoms with Crippen LogP contribution in [0.1, 0.15) is 36.0 Å². The number of rotatable bonds is 2. The Bertz CT molecular complexity index is 898. The molecular formula is C23H21N3. The normalized spacial score (nSPS) is 18.2. The monoisotopic (exact) mass is 339 g/mol. The van der Waals surface area contributed by atoms with Crippen molar-refractivity contribution in [3.05, 3.63) is 69.8 Å². The number of hydrogen-bond donors (Lipinski definition) is 0. The largest absolute Gasteiger partial charge is 0.371 e. The molecule has 0 unspecified atom stereocenters. The number of aryl methyl sites for hydroxylation is 2. The van der Waals surface area contributed by atoms with Crippen LogP contribution < -0.4 is 4.90 Å². The number of allylic oxidation sites excluding steroid dienone is 7. The predicted molar refractivity (Wildman–Crippen MR) is 104 cm³/mol. The lowest BCUT2D eigenvalue weighted by Crippen LogP contribution is -2.34. The third-order valence-corrected chi connectivity index (χ3v) is 5.35. The topological polar surface area (TPSA) is 50.8 Å².